The van der Waals surface area contributed by atoms with Crippen LogP contribution in [0.15, 0.2) is 24.5 Å². The SMILES string of the molecule is CCc1nncn1CCNC(=O)NC(C)c1ccc(F)c(Cl)c1. The zero-order valence-corrected chi connectivity index (χ0v) is 13.8. The fourth-order valence-electron chi connectivity index (χ4n) is 2.14. The molecule has 0 aliphatic rings. The molecule has 2 N–H and O–H groups in total. The van der Waals surface area contributed by atoms with Crippen molar-refractivity contribution in [2.75, 3.05) is 6.54 Å². The van der Waals surface area contributed by atoms with E-state index in [-0.39, 0.29) is 17.1 Å². The Labute approximate surface area is 139 Å². The lowest BCUT2D eigenvalue weighted by molar-refractivity contribution is 0.237. The Bertz CT molecular complexity index is 676. The van der Waals surface area contributed by atoms with Gasteiger partial charge >= 0.3 is 6.03 Å². The first-order chi connectivity index (χ1) is 11.0. The minimum absolute atomic E-state index is 0.0382. The Morgan fingerprint density at radius 1 is 1.48 bits per heavy atom. The third-order valence-corrected chi connectivity index (χ3v) is 3.73. The molecule has 1 aromatic carbocycles. The molecule has 0 spiro atoms. The van der Waals surface area contributed by atoms with Gasteiger partial charge in [-0.15, -0.1) is 10.2 Å². The van der Waals surface area contributed by atoms with E-state index in [1.54, 1.807) is 19.3 Å². The summed E-state index contributed by atoms with van der Waals surface area (Å²) < 4.78 is 15.0. The van der Waals surface area contributed by atoms with Crippen molar-refractivity contribution in [1.29, 1.82) is 0 Å². The van der Waals surface area contributed by atoms with Gasteiger partial charge in [-0.05, 0) is 24.6 Å². The van der Waals surface area contributed by atoms with E-state index in [1.165, 1.54) is 12.1 Å². The van der Waals surface area contributed by atoms with Crippen LogP contribution in [0.2, 0.25) is 5.02 Å². The maximum atomic E-state index is 13.1. The number of urea groups is 1. The number of amides is 2. The van der Waals surface area contributed by atoms with Crippen LogP contribution in [0, 0.1) is 5.82 Å². The number of nitrogens with one attached hydrogen (secondary N) is 2. The molecule has 6 nitrogen and oxygen atoms in total. The van der Waals surface area contributed by atoms with E-state index in [9.17, 15) is 9.18 Å². The smallest absolute Gasteiger partial charge is 0.315 e. The number of nitrogens with zero attached hydrogens (tertiary/aromatic N) is 3. The van der Waals surface area contributed by atoms with Crippen LogP contribution in [0.1, 0.15) is 31.3 Å². The molecule has 0 bridgehead atoms. The Hall–Kier alpha value is -2.15. The van der Waals surface area contributed by atoms with Crippen LogP contribution >= 0.6 is 11.6 Å². The molecule has 0 aliphatic carbocycles. The lowest BCUT2D eigenvalue weighted by atomic mass is 10.1. The van der Waals surface area contributed by atoms with Gasteiger partial charge in [-0.1, -0.05) is 24.6 Å². The lowest BCUT2D eigenvalue weighted by Crippen LogP contribution is -2.38. The topological polar surface area (TPSA) is 71.8 Å². The van der Waals surface area contributed by atoms with Gasteiger partial charge in [-0.3, -0.25) is 0 Å². The Kier molecular flexibility index (Phi) is 5.92. The molecule has 23 heavy (non-hydrogen) atoms. The second-order valence-electron chi connectivity index (χ2n) is 5.09. The van der Waals surface area contributed by atoms with Crippen LogP contribution in [-0.4, -0.2) is 27.3 Å². The molecule has 0 aliphatic heterocycles. The van der Waals surface area contributed by atoms with E-state index in [4.69, 9.17) is 11.6 Å². The van der Waals surface area contributed by atoms with Gasteiger partial charge in [0.25, 0.3) is 0 Å². The zero-order chi connectivity index (χ0) is 16.8. The number of carbonyl (C=O) groups is 1. The van der Waals surface area contributed by atoms with Gasteiger partial charge in [-0.25, -0.2) is 9.18 Å². The van der Waals surface area contributed by atoms with E-state index in [0.29, 0.717) is 13.1 Å². The summed E-state index contributed by atoms with van der Waals surface area (Å²) in [4.78, 5) is 11.9. The van der Waals surface area contributed by atoms with E-state index in [0.717, 1.165) is 17.8 Å². The minimum Gasteiger partial charge on any atom is -0.336 e. The minimum atomic E-state index is -0.479. The van der Waals surface area contributed by atoms with Gasteiger partial charge in [-0.2, -0.15) is 0 Å². The van der Waals surface area contributed by atoms with Crippen LogP contribution in [-0.2, 0) is 13.0 Å². The third kappa shape index (κ3) is 4.66. The van der Waals surface area contributed by atoms with Gasteiger partial charge < -0.3 is 15.2 Å². The van der Waals surface area contributed by atoms with Gasteiger partial charge in [0.15, 0.2) is 0 Å². The first kappa shape index (κ1) is 17.2. The summed E-state index contributed by atoms with van der Waals surface area (Å²) in [6, 6.07) is 3.80. The summed E-state index contributed by atoms with van der Waals surface area (Å²) in [6.07, 6.45) is 2.43. The molecule has 2 aromatic rings. The van der Waals surface area contributed by atoms with Crippen molar-refractivity contribution in [3.05, 3.63) is 46.8 Å². The maximum Gasteiger partial charge on any atom is 0.315 e. The molecule has 0 saturated heterocycles. The molecule has 2 amide bonds. The Morgan fingerprint density at radius 2 is 2.26 bits per heavy atom. The van der Waals surface area contributed by atoms with Crippen LogP contribution in [0.4, 0.5) is 9.18 Å². The van der Waals surface area contributed by atoms with Gasteiger partial charge in [0.05, 0.1) is 11.1 Å². The number of halogens is 2. The van der Waals surface area contributed by atoms with Crippen LogP contribution in [0.3, 0.4) is 0 Å². The van der Waals surface area contributed by atoms with Crippen molar-refractivity contribution in [3.8, 4) is 0 Å². The zero-order valence-electron chi connectivity index (χ0n) is 13.0. The third-order valence-electron chi connectivity index (χ3n) is 3.44. The second-order valence-corrected chi connectivity index (χ2v) is 5.50. The summed E-state index contributed by atoms with van der Waals surface area (Å²) in [5.74, 6) is 0.397. The molecule has 0 saturated carbocycles. The number of aryl methyl sites for hydroxylation is 1. The molecule has 0 fully saturated rings. The van der Waals surface area contributed by atoms with Gasteiger partial charge in [0.2, 0.25) is 0 Å². The summed E-state index contributed by atoms with van der Waals surface area (Å²) in [7, 11) is 0. The van der Waals surface area contributed by atoms with Crippen LogP contribution in [0.5, 0.6) is 0 Å². The van der Waals surface area contributed by atoms with Gasteiger partial charge in [0, 0.05) is 19.5 Å². The highest BCUT2D eigenvalue weighted by atomic mass is 35.5. The number of benzene rings is 1. The van der Waals surface area contributed by atoms with Crippen molar-refractivity contribution < 1.29 is 9.18 Å². The quantitative estimate of drug-likeness (QED) is 0.850. The van der Waals surface area contributed by atoms with Gasteiger partial charge in [0.1, 0.15) is 18.0 Å². The molecule has 8 heteroatoms. The average Bonchev–Trinajstić information content (AvgIpc) is 2.97. The molecule has 2 rings (SSSR count). The number of aromatic nitrogens is 3. The number of hydrogen-bond donors (Lipinski definition) is 2. The summed E-state index contributed by atoms with van der Waals surface area (Å²) in [5, 5.41) is 13.4. The summed E-state index contributed by atoms with van der Waals surface area (Å²) in [6.45, 7) is 4.85. The fraction of sp³-hybridized carbons (Fsp3) is 0.400. The lowest BCUT2D eigenvalue weighted by Gasteiger charge is -2.15. The summed E-state index contributed by atoms with van der Waals surface area (Å²) in [5.41, 5.74) is 0.735. The molecule has 1 atom stereocenters. The molecule has 1 heterocycles. The Morgan fingerprint density at radius 3 is 2.96 bits per heavy atom. The molecular weight excluding hydrogens is 321 g/mol. The maximum absolute atomic E-state index is 13.1. The summed E-state index contributed by atoms with van der Waals surface area (Å²) >= 11 is 5.75. The van der Waals surface area contributed by atoms with Crippen LogP contribution < -0.4 is 10.6 Å². The first-order valence-corrected chi connectivity index (χ1v) is 7.75. The predicted molar refractivity (Wildman–Crippen MR) is 85.8 cm³/mol. The normalized spacial score (nSPS) is 12.0. The van der Waals surface area contributed by atoms with E-state index in [1.807, 2.05) is 11.5 Å². The Balaban J connectivity index is 1.81. The predicted octanol–water partition coefficient (Wildman–Crippen LogP) is 2.69. The number of hydrogen-bond acceptors (Lipinski definition) is 3. The molecule has 0 radical (unpaired) electrons. The van der Waals surface area contributed by atoms with Crippen molar-refractivity contribution in [3.63, 3.8) is 0 Å². The standard InChI is InChI=1S/C15H19ClFN5O/c1-3-14-21-19-9-22(14)7-6-18-15(23)20-10(2)11-4-5-13(17)12(16)8-11/h4-5,8-10H,3,6-7H2,1-2H3,(H2,18,20,23). The van der Waals surface area contributed by atoms with E-state index in [2.05, 4.69) is 20.8 Å². The van der Waals surface area contributed by atoms with Crippen LogP contribution in [0.25, 0.3) is 0 Å². The largest absolute Gasteiger partial charge is 0.336 e. The van der Waals surface area contributed by atoms with E-state index >= 15 is 0 Å². The highest BCUT2D eigenvalue weighted by molar-refractivity contribution is 6.30. The van der Waals surface area contributed by atoms with Crippen molar-refractivity contribution in [2.45, 2.75) is 32.9 Å². The second kappa shape index (κ2) is 7.92. The number of carbonyl (C=O) groups excluding carboxylic acids is 1. The number of rotatable bonds is 6. The highest BCUT2D eigenvalue weighted by Gasteiger charge is 2.11. The van der Waals surface area contributed by atoms with Crippen molar-refractivity contribution in [2.24, 2.45) is 0 Å². The molecular formula is C15H19ClFN5O. The van der Waals surface area contributed by atoms with Crippen molar-refractivity contribution >= 4 is 17.6 Å². The average molecular weight is 340 g/mol. The molecule has 1 unspecified atom stereocenters. The molecule has 124 valence electrons. The first-order valence-electron chi connectivity index (χ1n) is 7.37. The fourth-order valence-corrected chi connectivity index (χ4v) is 2.33. The highest BCUT2D eigenvalue weighted by Crippen LogP contribution is 2.20. The monoisotopic (exact) mass is 339 g/mol. The van der Waals surface area contributed by atoms with Crippen molar-refractivity contribution in [1.82, 2.24) is 25.4 Å². The van der Waals surface area contributed by atoms with E-state index < -0.39 is 5.82 Å². The molecule has 1 aromatic heterocycles.